The number of anilines is 2. The molecule has 1 aliphatic heterocycles. The predicted octanol–water partition coefficient (Wildman–Crippen LogP) is 4.19. The fourth-order valence-electron chi connectivity index (χ4n) is 3.52. The monoisotopic (exact) mass is 397 g/mol. The smallest absolute Gasteiger partial charge is 0.224 e. The van der Waals surface area contributed by atoms with E-state index in [1.54, 1.807) is 6.20 Å². The number of rotatable bonds is 8. The van der Waals surface area contributed by atoms with E-state index in [-0.39, 0.29) is 18.1 Å². The molecule has 2 aromatic rings. The standard InChI is InChI=1S/C23H31N3O3/c1-17-7-6-8-21(13-17)28-12-5-4-9-23(27)25-20-10-11-22(24-14-20)26-15-18(2)29-19(3)16-26/h6-8,10-11,13-14,18-19H,4-5,9,12,15-16H2,1-3H3,(H,25,27). The molecule has 0 saturated carbocycles. The zero-order chi connectivity index (χ0) is 20.6. The fraction of sp³-hybridized carbons (Fsp3) is 0.478. The number of nitrogens with zero attached hydrogens (tertiary/aromatic N) is 2. The van der Waals surface area contributed by atoms with E-state index in [9.17, 15) is 4.79 Å². The summed E-state index contributed by atoms with van der Waals surface area (Å²) in [7, 11) is 0. The molecule has 2 heterocycles. The molecule has 3 rings (SSSR count). The Morgan fingerprint density at radius 3 is 2.69 bits per heavy atom. The molecule has 1 N–H and O–H groups in total. The number of benzene rings is 1. The number of nitrogens with one attached hydrogen (secondary N) is 1. The Bertz CT molecular complexity index is 784. The Morgan fingerprint density at radius 1 is 1.21 bits per heavy atom. The molecule has 6 heteroatoms. The molecule has 29 heavy (non-hydrogen) atoms. The molecule has 156 valence electrons. The third kappa shape index (κ3) is 6.75. The number of aromatic nitrogens is 1. The van der Waals surface area contributed by atoms with Gasteiger partial charge in [-0.1, -0.05) is 12.1 Å². The summed E-state index contributed by atoms with van der Waals surface area (Å²) < 4.78 is 11.5. The molecule has 0 spiro atoms. The van der Waals surface area contributed by atoms with Gasteiger partial charge >= 0.3 is 0 Å². The molecule has 0 aliphatic carbocycles. The third-order valence-electron chi connectivity index (χ3n) is 4.83. The summed E-state index contributed by atoms with van der Waals surface area (Å²) in [5.74, 6) is 1.80. The van der Waals surface area contributed by atoms with E-state index in [0.717, 1.165) is 43.2 Å². The number of ether oxygens (including phenoxy) is 2. The first-order valence-electron chi connectivity index (χ1n) is 10.4. The van der Waals surface area contributed by atoms with Crippen LogP contribution in [0.5, 0.6) is 5.75 Å². The van der Waals surface area contributed by atoms with Crippen LogP contribution in [-0.2, 0) is 9.53 Å². The van der Waals surface area contributed by atoms with Gasteiger partial charge in [-0.05, 0) is 63.4 Å². The summed E-state index contributed by atoms with van der Waals surface area (Å²) in [5, 5.41) is 2.92. The summed E-state index contributed by atoms with van der Waals surface area (Å²) in [4.78, 5) is 18.9. The number of amides is 1. The lowest BCUT2D eigenvalue weighted by molar-refractivity contribution is -0.116. The van der Waals surface area contributed by atoms with Crippen LogP contribution in [0.1, 0.15) is 38.7 Å². The van der Waals surface area contributed by atoms with E-state index in [4.69, 9.17) is 9.47 Å². The van der Waals surface area contributed by atoms with Crippen molar-refractivity contribution >= 4 is 17.4 Å². The number of carbonyl (C=O) groups is 1. The van der Waals surface area contributed by atoms with Crippen molar-refractivity contribution in [1.82, 2.24) is 4.98 Å². The van der Waals surface area contributed by atoms with Crippen molar-refractivity contribution in [3.8, 4) is 5.75 Å². The maximum Gasteiger partial charge on any atom is 0.224 e. The molecular formula is C23H31N3O3. The Labute approximate surface area is 173 Å². The van der Waals surface area contributed by atoms with Gasteiger partial charge in [0.05, 0.1) is 30.7 Å². The second-order valence-corrected chi connectivity index (χ2v) is 7.74. The van der Waals surface area contributed by atoms with Crippen LogP contribution in [-0.4, -0.2) is 42.8 Å². The molecule has 1 fully saturated rings. The first kappa shape index (κ1) is 21.1. The Morgan fingerprint density at radius 2 is 2.00 bits per heavy atom. The van der Waals surface area contributed by atoms with Crippen LogP contribution in [0.4, 0.5) is 11.5 Å². The molecule has 2 atom stereocenters. The van der Waals surface area contributed by atoms with Gasteiger partial charge in [-0.25, -0.2) is 4.98 Å². The summed E-state index contributed by atoms with van der Waals surface area (Å²) in [6.45, 7) is 8.46. The van der Waals surface area contributed by atoms with Crippen LogP contribution in [0.15, 0.2) is 42.6 Å². The van der Waals surface area contributed by atoms with Gasteiger partial charge in [0.2, 0.25) is 5.91 Å². The highest BCUT2D eigenvalue weighted by Crippen LogP contribution is 2.20. The summed E-state index contributed by atoms with van der Waals surface area (Å²) in [6.07, 6.45) is 4.19. The number of pyridine rings is 1. The molecule has 2 unspecified atom stereocenters. The largest absolute Gasteiger partial charge is 0.494 e. The topological polar surface area (TPSA) is 63.7 Å². The first-order chi connectivity index (χ1) is 14.0. The van der Waals surface area contributed by atoms with Crippen molar-refractivity contribution in [2.45, 2.75) is 52.2 Å². The van der Waals surface area contributed by atoms with Crippen LogP contribution in [0.3, 0.4) is 0 Å². The third-order valence-corrected chi connectivity index (χ3v) is 4.83. The highest BCUT2D eigenvalue weighted by Gasteiger charge is 2.23. The molecule has 1 saturated heterocycles. The van der Waals surface area contributed by atoms with Crippen LogP contribution in [0.2, 0.25) is 0 Å². The summed E-state index contributed by atoms with van der Waals surface area (Å²) in [5.41, 5.74) is 1.91. The fourth-order valence-corrected chi connectivity index (χ4v) is 3.52. The molecule has 0 bridgehead atoms. The number of hydrogen-bond donors (Lipinski definition) is 1. The van der Waals surface area contributed by atoms with E-state index >= 15 is 0 Å². The van der Waals surface area contributed by atoms with Crippen molar-refractivity contribution in [3.63, 3.8) is 0 Å². The van der Waals surface area contributed by atoms with Crippen molar-refractivity contribution in [1.29, 1.82) is 0 Å². The SMILES string of the molecule is Cc1cccc(OCCCCC(=O)Nc2ccc(N3CC(C)OC(C)C3)nc2)c1. The maximum atomic E-state index is 12.2. The van der Waals surface area contributed by atoms with Crippen molar-refractivity contribution in [3.05, 3.63) is 48.2 Å². The average Bonchev–Trinajstić information content (AvgIpc) is 2.67. The minimum absolute atomic E-state index is 0.00345. The van der Waals surface area contributed by atoms with Gasteiger partial charge in [0.1, 0.15) is 11.6 Å². The van der Waals surface area contributed by atoms with Crippen LogP contribution < -0.4 is 15.0 Å². The zero-order valence-electron chi connectivity index (χ0n) is 17.6. The van der Waals surface area contributed by atoms with Crippen LogP contribution in [0, 0.1) is 6.92 Å². The molecule has 0 radical (unpaired) electrons. The molecule has 1 amide bonds. The lowest BCUT2D eigenvalue weighted by Gasteiger charge is -2.36. The second kappa shape index (κ2) is 10.3. The normalized spacial score (nSPS) is 19.1. The first-order valence-corrected chi connectivity index (χ1v) is 10.4. The molecule has 1 aromatic heterocycles. The number of hydrogen-bond acceptors (Lipinski definition) is 5. The molecule has 1 aromatic carbocycles. The Balaban J connectivity index is 1.37. The van der Waals surface area contributed by atoms with E-state index in [1.165, 1.54) is 5.56 Å². The Hall–Kier alpha value is -2.60. The highest BCUT2D eigenvalue weighted by atomic mass is 16.5. The van der Waals surface area contributed by atoms with Gasteiger partial charge in [0, 0.05) is 19.5 Å². The quantitative estimate of drug-likeness (QED) is 0.677. The van der Waals surface area contributed by atoms with Gasteiger partial charge in [0.25, 0.3) is 0 Å². The van der Waals surface area contributed by atoms with Crippen molar-refractivity contribution < 1.29 is 14.3 Å². The molecule has 1 aliphatic rings. The number of carbonyl (C=O) groups excluding carboxylic acids is 1. The molecule has 6 nitrogen and oxygen atoms in total. The highest BCUT2D eigenvalue weighted by molar-refractivity contribution is 5.90. The molecular weight excluding hydrogens is 366 g/mol. The van der Waals surface area contributed by atoms with Gasteiger partial charge in [-0.3, -0.25) is 4.79 Å². The number of unbranched alkanes of at least 4 members (excludes halogenated alkanes) is 1. The predicted molar refractivity (Wildman–Crippen MR) is 116 cm³/mol. The minimum atomic E-state index is 0.00345. The number of aryl methyl sites for hydroxylation is 1. The minimum Gasteiger partial charge on any atom is -0.494 e. The van der Waals surface area contributed by atoms with Gasteiger partial charge in [0.15, 0.2) is 0 Å². The average molecular weight is 398 g/mol. The number of morpholine rings is 1. The van der Waals surface area contributed by atoms with Crippen molar-refractivity contribution in [2.24, 2.45) is 0 Å². The maximum absolute atomic E-state index is 12.2. The van der Waals surface area contributed by atoms with Gasteiger partial charge in [-0.15, -0.1) is 0 Å². The zero-order valence-corrected chi connectivity index (χ0v) is 17.6. The van der Waals surface area contributed by atoms with E-state index in [1.807, 2.05) is 43.3 Å². The van der Waals surface area contributed by atoms with E-state index in [0.29, 0.717) is 13.0 Å². The van der Waals surface area contributed by atoms with Crippen LogP contribution in [0.25, 0.3) is 0 Å². The second-order valence-electron chi connectivity index (χ2n) is 7.74. The summed E-state index contributed by atoms with van der Waals surface area (Å²) in [6, 6.07) is 11.9. The lowest BCUT2D eigenvalue weighted by Crippen LogP contribution is -2.45. The lowest BCUT2D eigenvalue weighted by atomic mass is 10.2. The van der Waals surface area contributed by atoms with E-state index < -0.39 is 0 Å². The van der Waals surface area contributed by atoms with Gasteiger partial charge < -0.3 is 19.7 Å². The summed E-state index contributed by atoms with van der Waals surface area (Å²) >= 11 is 0. The van der Waals surface area contributed by atoms with Crippen LogP contribution >= 0.6 is 0 Å². The Kier molecular flexibility index (Phi) is 7.47. The van der Waals surface area contributed by atoms with Crippen molar-refractivity contribution in [2.75, 3.05) is 29.9 Å². The van der Waals surface area contributed by atoms with Gasteiger partial charge in [-0.2, -0.15) is 0 Å². The van der Waals surface area contributed by atoms with E-state index in [2.05, 4.69) is 29.0 Å².